The van der Waals surface area contributed by atoms with Crippen molar-refractivity contribution < 1.29 is 9.59 Å². The SMILES string of the molecule is CC(=O)NCCn1cnc(-c2cccnc2)n1.CC(C)=O. The predicted octanol–water partition coefficient (Wildman–Crippen LogP) is 1.07. The van der Waals surface area contributed by atoms with Gasteiger partial charge in [0.05, 0.1) is 6.54 Å². The Balaban J connectivity index is 0.000000491. The maximum absolute atomic E-state index is 10.7. The lowest BCUT2D eigenvalue weighted by molar-refractivity contribution is -0.119. The van der Waals surface area contributed by atoms with Crippen molar-refractivity contribution in [2.45, 2.75) is 27.3 Å². The van der Waals surface area contributed by atoms with Gasteiger partial charge in [-0.2, -0.15) is 5.10 Å². The number of hydrogen-bond acceptors (Lipinski definition) is 5. The molecular formula is C14H19N5O2. The van der Waals surface area contributed by atoms with E-state index in [1.807, 2.05) is 12.1 Å². The first-order valence-corrected chi connectivity index (χ1v) is 6.50. The van der Waals surface area contributed by atoms with Crippen molar-refractivity contribution in [3.63, 3.8) is 0 Å². The molecule has 2 aromatic heterocycles. The molecular weight excluding hydrogens is 270 g/mol. The number of nitrogens with one attached hydrogen (secondary N) is 1. The van der Waals surface area contributed by atoms with Crippen LogP contribution in [0.4, 0.5) is 0 Å². The molecule has 7 nitrogen and oxygen atoms in total. The van der Waals surface area contributed by atoms with Gasteiger partial charge in [-0.25, -0.2) is 4.98 Å². The third-order valence-corrected chi connectivity index (χ3v) is 2.17. The van der Waals surface area contributed by atoms with Crippen molar-refractivity contribution >= 4 is 11.7 Å². The Hall–Kier alpha value is -2.57. The molecule has 1 amide bonds. The van der Waals surface area contributed by atoms with Crippen LogP contribution in [0.5, 0.6) is 0 Å². The summed E-state index contributed by atoms with van der Waals surface area (Å²) in [5, 5.41) is 6.99. The van der Waals surface area contributed by atoms with Crippen molar-refractivity contribution in [2.24, 2.45) is 0 Å². The molecule has 0 saturated heterocycles. The maximum Gasteiger partial charge on any atom is 0.216 e. The molecule has 112 valence electrons. The molecule has 0 saturated carbocycles. The number of Topliss-reactive ketones (excluding diaryl/α,β-unsaturated/α-hetero) is 1. The third kappa shape index (κ3) is 6.95. The van der Waals surface area contributed by atoms with E-state index >= 15 is 0 Å². The summed E-state index contributed by atoms with van der Waals surface area (Å²) in [7, 11) is 0. The highest BCUT2D eigenvalue weighted by atomic mass is 16.1. The molecule has 1 N–H and O–H groups in total. The fraction of sp³-hybridized carbons (Fsp3) is 0.357. The monoisotopic (exact) mass is 289 g/mol. The number of amides is 1. The second kappa shape index (κ2) is 8.57. The van der Waals surface area contributed by atoms with Crippen molar-refractivity contribution in [3.8, 4) is 11.4 Å². The molecule has 0 aliphatic heterocycles. The smallest absolute Gasteiger partial charge is 0.216 e. The molecule has 2 heterocycles. The summed E-state index contributed by atoms with van der Waals surface area (Å²) in [6.07, 6.45) is 5.06. The molecule has 21 heavy (non-hydrogen) atoms. The number of pyridine rings is 1. The van der Waals surface area contributed by atoms with Crippen molar-refractivity contribution in [2.75, 3.05) is 6.54 Å². The molecule has 0 aromatic carbocycles. The molecule has 0 fully saturated rings. The van der Waals surface area contributed by atoms with Crippen molar-refractivity contribution in [1.82, 2.24) is 25.1 Å². The molecule has 2 rings (SSSR count). The highest BCUT2D eigenvalue weighted by molar-refractivity contribution is 5.72. The lowest BCUT2D eigenvalue weighted by Gasteiger charge is -2.00. The van der Waals surface area contributed by atoms with Crippen LogP contribution in [0.3, 0.4) is 0 Å². The van der Waals surface area contributed by atoms with Crippen molar-refractivity contribution in [1.29, 1.82) is 0 Å². The van der Waals surface area contributed by atoms with E-state index in [1.165, 1.54) is 20.8 Å². The van der Waals surface area contributed by atoms with E-state index in [4.69, 9.17) is 0 Å². The molecule has 7 heteroatoms. The number of hydrogen-bond donors (Lipinski definition) is 1. The predicted molar refractivity (Wildman–Crippen MR) is 78.3 cm³/mol. The molecule has 0 atom stereocenters. The summed E-state index contributed by atoms with van der Waals surface area (Å²) < 4.78 is 1.69. The summed E-state index contributed by atoms with van der Waals surface area (Å²) in [6, 6.07) is 3.74. The van der Waals surface area contributed by atoms with E-state index in [1.54, 1.807) is 23.4 Å². The summed E-state index contributed by atoms with van der Waals surface area (Å²) in [5.74, 6) is 0.763. The molecule has 0 radical (unpaired) electrons. The zero-order chi connectivity index (χ0) is 15.7. The molecule has 0 spiro atoms. The average Bonchev–Trinajstić information content (AvgIpc) is 2.87. The molecule has 0 aliphatic rings. The van der Waals surface area contributed by atoms with Crippen LogP contribution >= 0.6 is 0 Å². The number of ketones is 1. The highest BCUT2D eigenvalue weighted by Crippen LogP contribution is 2.10. The fourth-order valence-electron chi connectivity index (χ4n) is 1.38. The third-order valence-electron chi connectivity index (χ3n) is 2.17. The van der Waals surface area contributed by atoms with Crippen LogP contribution in [-0.4, -0.2) is 38.0 Å². The number of rotatable bonds is 4. The first-order chi connectivity index (χ1) is 9.99. The van der Waals surface area contributed by atoms with Gasteiger partial charge in [-0.15, -0.1) is 0 Å². The van der Waals surface area contributed by atoms with Crippen LogP contribution in [0.15, 0.2) is 30.9 Å². The lowest BCUT2D eigenvalue weighted by Crippen LogP contribution is -2.24. The van der Waals surface area contributed by atoms with Gasteiger partial charge in [0.15, 0.2) is 5.82 Å². The van der Waals surface area contributed by atoms with E-state index < -0.39 is 0 Å². The van der Waals surface area contributed by atoms with Gasteiger partial charge in [0, 0.05) is 31.4 Å². The number of aromatic nitrogens is 4. The maximum atomic E-state index is 10.7. The highest BCUT2D eigenvalue weighted by Gasteiger charge is 2.03. The largest absolute Gasteiger partial charge is 0.354 e. The molecule has 0 bridgehead atoms. The van der Waals surface area contributed by atoms with E-state index in [9.17, 15) is 9.59 Å². The van der Waals surface area contributed by atoms with Gasteiger partial charge in [-0.05, 0) is 26.0 Å². The van der Waals surface area contributed by atoms with Crippen LogP contribution in [0, 0.1) is 0 Å². The molecule has 0 aliphatic carbocycles. The van der Waals surface area contributed by atoms with Crippen molar-refractivity contribution in [3.05, 3.63) is 30.9 Å². The zero-order valence-electron chi connectivity index (χ0n) is 12.4. The Morgan fingerprint density at radius 2 is 2.00 bits per heavy atom. The molecule has 2 aromatic rings. The second-order valence-corrected chi connectivity index (χ2v) is 4.46. The molecule has 0 unspecified atom stereocenters. The first kappa shape index (κ1) is 16.5. The second-order valence-electron chi connectivity index (χ2n) is 4.46. The number of carbonyl (C=O) groups is 2. The Kier molecular flexibility index (Phi) is 6.73. The minimum absolute atomic E-state index is 0.0439. The number of nitrogens with zero attached hydrogens (tertiary/aromatic N) is 4. The van der Waals surface area contributed by atoms with Gasteiger partial charge in [0.2, 0.25) is 5.91 Å². The van der Waals surface area contributed by atoms with Gasteiger partial charge >= 0.3 is 0 Å². The number of carbonyl (C=O) groups excluding carboxylic acids is 2. The van der Waals surface area contributed by atoms with E-state index in [-0.39, 0.29) is 11.7 Å². The standard InChI is InChI=1S/C11H13N5O.C3H6O/c1-9(17)13-5-6-16-8-14-11(15-16)10-3-2-4-12-7-10;1-3(2)4/h2-4,7-8H,5-6H2,1H3,(H,13,17);1-2H3. The van der Waals surface area contributed by atoms with Gasteiger partial charge in [-0.3, -0.25) is 14.5 Å². The van der Waals surface area contributed by atoms with Crippen LogP contribution in [-0.2, 0) is 16.1 Å². The van der Waals surface area contributed by atoms with E-state index in [2.05, 4.69) is 20.4 Å². The fourth-order valence-corrected chi connectivity index (χ4v) is 1.38. The van der Waals surface area contributed by atoms with Gasteiger partial charge in [0.1, 0.15) is 12.1 Å². The van der Waals surface area contributed by atoms with Gasteiger partial charge in [-0.1, -0.05) is 0 Å². The van der Waals surface area contributed by atoms with Crippen LogP contribution in [0.2, 0.25) is 0 Å². The van der Waals surface area contributed by atoms with Gasteiger partial charge < -0.3 is 10.1 Å². The lowest BCUT2D eigenvalue weighted by atomic mass is 10.3. The minimum Gasteiger partial charge on any atom is -0.354 e. The minimum atomic E-state index is -0.0439. The van der Waals surface area contributed by atoms with Crippen LogP contribution < -0.4 is 5.32 Å². The van der Waals surface area contributed by atoms with E-state index in [0.29, 0.717) is 18.9 Å². The van der Waals surface area contributed by atoms with Crippen LogP contribution in [0.1, 0.15) is 20.8 Å². The summed E-state index contributed by atoms with van der Waals surface area (Å²) in [5.41, 5.74) is 0.880. The van der Waals surface area contributed by atoms with Crippen LogP contribution in [0.25, 0.3) is 11.4 Å². The summed E-state index contributed by atoms with van der Waals surface area (Å²) in [4.78, 5) is 28.3. The first-order valence-electron chi connectivity index (χ1n) is 6.50. The Morgan fingerprint density at radius 3 is 2.57 bits per heavy atom. The van der Waals surface area contributed by atoms with E-state index in [0.717, 1.165) is 5.56 Å². The Bertz CT molecular complexity index is 576. The van der Waals surface area contributed by atoms with Gasteiger partial charge in [0.25, 0.3) is 0 Å². The Morgan fingerprint density at radius 1 is 1.29 bits per heavy atom. The normalized spacial score (nSPS) is 9.48. The summed E-state index contributed by atoms with van der Waals surface area (Å²) in [6.45, 7) is 5.69. The quantitative estimate of drug-likeness (QED) is 0.909. The Labute approximate surface area is 123 Å². The average molecular weight is 289 g/mol. The zero-order valence-corrected chi connectivity index (χ0v) is 12.4. The topological polar surface area (TPSA) is 89.8 Å². The summed E-state index contributed by atoms with van der Waals surface area (Å²) >= 11 is 0.